The van der Waals surface area contributed by atoms with Crippen molar-refractivity contribution < 1.29 is 10.4 Å². The molecule has 5 heteroatoms. The van der Waals surface area contributed by atoms with Crippen molar-refractivity contribution >= 4 is 35.0 Å². The molecule has 2 aromatic carbocycles. The molecule has 1 atom stereocenters. The van der Waals surface area contributed by atoms with E-state index in [0.717, 1.165) is 21.5 Å². The number of benzene rings is 2. The topological polar surface area (TPSA) is 36.8 Å². The minimum atomic E-state index is -0.725. The number of rotatable bonds is 7. The summed E-state index contributed by atoms with van der Waals surface area (Å²) in [6.45, 7) is 3.35. The van der Waals surface area contributed by atoms with E-state index in [-0.39, 0.29) is 0 Å². The van der Waals surface area contributed by atoms with Gasteiger partial charge in [-0.15, -0.1) is 11.8 Å². The maximum Gasteiger partial charge on any atom is 0.120 e. The van der Waals surface area contributed by atoms with Crippen LogP contribution in [0.1, 0.15) is 12.5 Å². The van der Waals surface area contributed by atoms with Crippen molar-refractivity contribution in [1.82, 2.24) is 0 Å². The number of quaternary nitrogens is 1. The summed E-state index contributed by atoms with van der Waals surface area (Å²) >= 11 is 13.4. The maximum absolute atomic E-state index is 10.5. The number of hydrogen-bond donors (Lipinski definition) is 2. The molecule has 0 bridgehead atoms. The number of nitrogens with two attached hydrogens (primary N) is 1. The van der Waals surface area contributed by atoms with Gasteiger partial charge in [-0.1, -0.05) is 35.3 Å². The van der Waals surface area contributed by atoms with E-state index in [1.165, 1.54) is 5.56 Å². The highest BCUT2D eigenvalue weighted by Gasteiger charge is 2.22. The number of hydrogen-bond acceptors (Lipinski definition) is 2. The Balaban J connectivity index is 1.75. The van der Waals surface area contributed by atoms with E-state index in [0.29, 0.717) is 12.3 Å². The second kappa shape index (κ2) is 8.23. The van der Waals surface area contributed by atoms with Gasteiger partial charge in [0, 0.05) is 26.3 Å². The van der Waals surface area contributed by atoms with E-state index in [2.05, 4.69) is 5.32 Å². The molecule has 0 spiro atoms. The third-order valence-corrected chi connectivity index (χ3v) is 5.12. The van der Waals surface area contributed by atoms with Gasteiger partial charge < -0.3 is 10.4 Å². The zero-order chi connectivity index (χ0) is 16.0. The standard InChI is InChI=1S/C17H19Cl2NOS/c1-17(21,12-22-16-8-6-15(19)7-9-16)11-20-10-13-2-4-14(18)5-3-13/h2-9,20-21H,10-12H2,1H3/p+1/t17-/m0/s1. The average molecular weight is 357 g/mol. The lowest BCUT2D eigenvalue weighted by Crippen LogP contribution is -2.86. The molecule has 0 aliphatic carbocycles. The summed E-state index contributed by atoms with van der Waals surface area (Å²) in [5.41, 5.74) is 0.474. The molecule has 118 valence electrons. The Morgan fingerprint density at radius 1 is 1.00 bits per heavy atom. The van der Waals surface area contributed by atoms with Crippen LogP contribution in [0.2, 0.25) is 10.0 Å². The predicted molar refractivity (Wildman–Crippen MR) is 94.7 cm³/mol. The van der Waals surface area contributed by atoms with Gasteiger partial charge in [0.05, 0.1) is 0 Å². The van der Waals surface area contributed by atoms with Gasteiger partial charge >= 0.3 is 0 Å². The molecule has 0 aliphatic heterocycles. The van der Waals surface area contributed by atoms with Crippen LogP contribution < -0.4 is 5.32 Å². The van der Waals surface area contributed by atoms with Gasteiger partial charge in [-0.2, -0.15) is 0 Å². The van der Waals surface area contributed by atoms with Crippen LogP contribution in [0.5, 0.6) is 0 Å². The van der Waals surface area contributed by atoms with Crippen LogP contribution in [0.15, 0.2) is 53.4 Å². The van der Waals surface area contributed by atoms with Crippen molar-refractivity contribution in [1.29, 1.82) is 0 Å². The first-order valence-electron chi connectivity index (χ1n) is 7.11. The summed E-state index contributed by atoms with van der Waals surface area (Å²) in [4.78, 5) is 1.11. The predicted octanol–water partition coefficient (Wildman–Crippen LogP) is 3.60. The van der Waals surface area contributed by atoms with Gasteiger partial charge in [0.15, 0.2) is 0 Å². The van der Waals surface area contributed by atoms with Crippen molar-refractivity contribution in [3.05, 3.63) is 64.1 Å². The second-order valence-electron chi connectivity index (χ2n) is 5.56. The normalized spacial score (nSPS) is 13.8. The molecule has 2 aromatic rings. The lowest BCUT2D eigenvalue weighted by molar-refractivity contribution is -0.681. The fourth-order valence-electron chi connectivity index (χ4n) is 2.00. The summed E-state index contributed by atoms with van der Waals surface area (Å²) in [6, 6.07) is 15.5. The summed E-state index contributed by atoms with van der Waals surface area (Å²) in [5.74, 6) is 0.645. The van der Waals surface area contributed by atoms with Crippen molar-refractivity contribution in [3.8, 4) is 0 Å². The molecular formula is C17H20Cl2NOS+. The number of halogens is 2. The first-order chi connectivity index (χ1) is 10.4. The van der Waals surface area contributed by atoms with Crippen molar-refractivity contribution in [2.45, 2.75) is 24.0 Å². The van der Waals surface area contributed by atoms with Gasteiger partial charge in [0.2, 0.25) is 0 Å². The van der Waals surface area contributed by atoms with E-state index in [1.54, 1.807) is 11.8 Å². The van der Waals surface area contributed by atoms with Crippen LogP contribution in [0.25, 0.3) is 0 Å². The van der Waals surface area contributed by atoms with E-state index >= 15 is 0 Å². The lowest BCUT2D eigenvalue weighted by Gasteiger charge is -2.21. The molecule has 22 heavy (non-hydrogen) atoms. The van der Waals surface area contributed by atoms with Crippen molar-refractivity contribution in [3.63, 3.8) is 0 Å². The Hall–Kier alpha value is -0.710. The van der Waals surface area contributed by atoms with Crippen LogP contribution in [0.3, 0.4) is 0 Å². The fraction of sp³-hybridized carbons (Fsp3) is 0.294. The lowest BCUT2D eigenvalue weighted by atomic mass is 10.1. The van der Waals surface area contributed by atoms with Gasteiger partial charge in [-0.05, 0) is 43.3 Å². The third-order valence-electron chi connectivity index (χ3n) is 3.24. The molecular weight excluding hydrogens is 337 g/mol. The van der Waals surface area contributed by atoms with Gasteiger partial charge in [-0.25, -0.2) is 0 Å². The Bertz CT molecular complexity index is 585. The van der Waals surface area contributed by atoms with Crippen LogP contribution in [0.4, 0.5) is 0 Å². The summed E-state index contributed by atoms with van der Waals surface area (Å²) in [7, 11) is 0. The molecule has 2 nitrogen and oxygen atoms in total. The van der Waals surface area contributed by atoms with Gasteiger partial charge in [0.25, 0.3) is 0 Å². The van der Waals surface area contributed by atoms with Gasteiger partial charge in [0.1, 0.15) is 18.7 Å². The SMILES string of the molecule is C[C@](O)(C[NH2+]Cc1ccc(Cl)cc1)CSc1ccc(Cl)cc1. The Morgan fingerprint density at radius 2 is 1.55 bits per heavy atom. The molecule has 0 aromatic heterocycles. The second-order valence-corrected chi connectivity index (χ2v) is 7.48. The number of aliphatic hydroxyl groups is 1. The van der Waals surface area contributed by atoms with Crippen LogP contribution >= 0.6 is 35.0 Å². The molecule has 0 saturated carbocycles. The van der Waals surface area contributed by atoms with Crippen LogP contribution in [-0.2, 0) is 6.54 Å². The van der Waals surface area contributed by atoms with Crippen molar-refractivity contribution in [2.75, 3.05) is 12.3 Å². The molecule has 0 aliphatic rings. The monoisotopic (exact) mass is 356 g/mol. The zero-order valence-electron chi connectivity index (χ0n) is 12.4. The first-order valence-corrected chi connectivity index (χ1v) is 8.86. The highest BCUT2D eigenvalue weighted by Crippen LogP contribution is 2.23. The van der Waals surface area contributed by atoms with Crippen LogP contribution in [0, 0.1) is 0 Å². The van der Waals surface area contributed by atoms with Gasteiger partial charge in [-0.3, -0.25) is 0 Å². The summed E-state index contributed by atoms with van der Waals surface area (Å²) < 4.78 is 0. The number of thioether (sulfide) groups is 1. The van der Waals surface area contributed by atoms with E-state index in [1.807, 2.05) is 55.5 Å². The smallest absolute Gasteiger partial charge is 0.120 e. The van der Waals surface area contributed by atoms with E-state index in [9.17, 15) is 5.11 Å². The molecule has 0 unspecified atom stereocenters. The molecule has 0 fully saturated rings. The molecule has 3 N–H and O–H groups in total. The van der Waals surface area contributed by atoms with E-state index in [4.69, 9.17) is 23.2 Å². The summed E-state index contributed by atoms with van der Waals surface area (Å²) in [6.07, 6.45) is 0. The fourth-order valence-corrected chi connectivity index (χ4v) is 3.17. The molecule has 0 amide bonds. The molecule has 0 saturated heterocycles. The van der Waals surface area contributed by atoms with E-state index < -0.39 is 5.60 Å². The third kappa shape index (κ3) is 6.19. The molecule has 2 rings (SSSR count). The highest BCUT2D eigenvalue weighted by atomic mass is 35.5. The van der Waals surface area contributed by atoms with Crippen LogP contribution in [-0.4, -0.2) is 23.0 Å². The Labute approximate surface area is 145 Å². The molecule has 0 heterocycles. The highest BCUT2D eigenvalue weighted by molar-refractivity contribution is 7.99. The zero-order valence-corrected chi connectivity index (χ0v) is 14.8. The first kappa shape index (κ1) is 17.6. The largest absolute Gasteiger partial charge is 0.383 e. The molecule has 0 radical (unpaired) electrons. The minimum absolute atomic E-state index is 0.645. The Morgan fingerprint density at radius 3 is 2.14 bits per heavy atom. The van der Waals surface area contributed by atoms with Crippen molar-refractivity contribution in [2.24, 2.45) is 0 Å². The quantitative estimate of drug-likeness (QED) is 0.743. The average Bonchev–Trinajstić information content (AvgIpc) is 2.49. The maximum atomic E-state index is 10.5. The minimum Gasteiger partial charge on any atom is -0.383 e. The summed E-state index contributed by atoms with van der Waals surface area (Å²) in [5, 5.41) is 14.0. The Kier molecular flexibility index (Phi) is 6.60.